The molecule has 3 heterocycles. The Morgan fingerprint density at radius 1 is 1.09 bits per heavy atom. The topological polar surface area (TPSA) is 107 Å². The van der Waals surface area contributed by atoms with E-state index in [-0.39, 0.29) is 37.5 Å². The lowest BCUT2D eigenvalue weighted by Crippen LogP contribution is -2.57. The van der Waals surface area contributed by atoms with Crippen molar-refractivity contribution < 1.29 is 33.3 Å². The lowest BCUT2D eigenvalue weighted by molar-refractivity contribution is -0.198. The highest BCUT2D eigenvalue weighted by Gasteiger charge is 2.46. The van der Waals surface area contributed by atoms with Crippen molar-refractivity contribution in [3.63, 3.8) is 0 Å². The molecule has 2 aromatic rings. The van der Waals surface area contributed by atoms with E-state index in [9.17, 15) is 14.4 Å². The van der Waals surface area contributed by atoms with Gasteiger partial charge >= 0.3 is 6.09 Å². The molecule has 3 amide bonds. The number of carbonyl (C=O) groups excluding carboxylic acids is 3. The number of ether oxygens (including phenoxy) is 4. The lowest BCUT2D eigenvalue weighted by Gasteiger charge is -2.42. The molecular formula is C34H43N3O7. The molecule has 44 heavy (non-hydrogen) atoms. The number of hydrogen-bond donors (Lipinski definition) is 1. The summed E-state index contributed by atoms with van der Waals surface area (Å²) < 4.78 is 24.2. The summed E-state index contributed by atoms with van der Waals surface area (Å²) in [5, 5.41) is 2.90. The zero-order valence-electron chi connectivity index (χ0n) is 25.7. The maximum Gasteiger partial charge on any atom is 0.416 e. The molecule has 0 aliphatic carbocycles. The summed E-state index contributed by atoms with van der Waals surface area (Å²) in [6, 6.07) is 10.8. The number of anilines is 2. The second-order valence-corrected chi connectivity index (χ2v) is 11.6. The van der Waals surface area contributed by atoms with E-state index in [0.29, 0.717) is 49.4 Å². The third kappa shape index (κ3) is 7.42. The van der Waals surface area contributed by atoms with E-state index >= 15 is 0 Å². The van der Waals surface area contributed by atoms with Crippen molar-refractivity contribution in [2.75, 3.05) is 36.6 Å². The second-order valence-electron chi connectivity index (χ2n) is 11.6. The number of piperidine rings is 1. The summed E-state index contributed by atoms with van der Waals surface area (Å²) in [6.45, 7) is 9.00. The van der Waals surface area contributed by atoms with Crippen molar-refractivity contribution in [2.24, 2.45) is 0 Å². The number of aryl methyl sites for hydroxylation is 2. The molecule has 2 aromatic carbocycles. The Morgan fingerprint density at radius 3 is 2.64 bits per heavy atom. The molecule has 3 aliphatic heterocycles. The van der Waals surface area contributed by atoms with Crippen LogP contribution in [0.1, 0.15) is 72.9 Å². The molecule has 2 fully saturated rings. The van der Waals surface area contributed by atoms with Crippen molar-refractivity contribution in [1.82, 2.24) is 4.90 Å². The maximum atomic E-state index is 14.0. The Labute approximate surface area is 259 Å². The van der Waals surface area contributed by atoms with Gasteiger partial charge < -0.3 is 29.2 Å². The van der Waals surface area contributed by atoms with Crippen molar-refractivity contribution in [1.29, 1.82) is 0 Å². The van der Waals surface area contributed by atoms with Crippen LogP contribution in [0.4, 0.5) is 16.2 Å². The molecule has 10 nitrogen and oxygen atoms in total. The lowest BCUT2D eigenvalue weighted by atomic mass is 10.00. The van der Waals surface area contributed by atoms with Gasteiger partial charge in [-0.1, -0.05) is 30.4 Å². The van der Waals surface area contributed by atoms with Gasteiger partial charge in [0.25, 0.3) is 5.91 Å². The van der Waals surface area contributed by atoms with E-state index in [4.69, 9.17) is 18.9 Å². The molecule has 5 rings (SSSR count). The number of rotatable bonds is 10. The fraction of sp³-hybridized carbons (Fsp3) is 0.500. The van der Waals surface area contributed by atoms with Crippen molar-refractivity contribution in [2.45, 2.75) is 83.8 Å². The summed E-state index contributed by atoms with van der Waals surface area (Å²) in [5.41, 5.74) is 3.40. The minimum Gasteiger partial charge on any atom is -0.493 e. The fourth-order valence-electron chi connectivity index (χ4n) is 5.98. The molecule has 3 atom stereocenters. The van der Waals surface area contributed by atoms with E-state index in [2.05, 4.69) is 11.9 Å². The summed E-state index contributed by atoms with van der Waals surface area (Å²) in [4.78, 5) is 43.5. The van der Waals surface area contributed by atoms with Gasteiger partial charge in [-0.05, 0) is 82.6 Å². The van der Waals surface area contributed by atoms with Crippen LogP contribution in [0.15, 0.2) is 49.1 Å². The first-order valence-electron chi connectivity index (χ1n) is 15.6. The van der Waals surface area contributed by atoms with Gasteiger partial charge in [0.2, 0.25) is 5.91 Å². The van der Waals surface area contributed by atoms with Gasteiger partial charge in [0, 0.05) is 31.3 Å². The van der Waals surface area contributed by atoms with Crippen molar-refractivity contribution in [3.05, 3.63) is 65.7 Å². The summed E-state index contributed by atoms with van der Waals surface area (Å²) in [5.74, 6) is 0.272. The Morgan fingerprint density at radius 2 is 1.89 bits per heavy atom. The molecule has 0 saturated carbocycles. The van der Waals surface area contributed by atoms with Crippen LogP contribution >= 0.6 is 0 Å². The SMILES string of the molecule is C=CCOC(=O)N1c2cc(OCCCC(=O)Nc3ccc(C)cc3)c(C)cc2C(=O)N2CCCC[C@H]2C1OC1CCCCO1. The van der Waals surface area contributed by atoms with Crippen LogP contribution in [0.25, 0.3) is 0 Å². The third-order valence-electron chi connectivity index (χ3n) is 8.27. The van der Waals surface area contributed by atoms with E-state index in [1.54, 1.807) is 12.1 Å². The largest absolute Gasteiger partial charge is 0.493 e. The Kier molecular flexibility index (Phi) is 10.6. The van der Waals surface area contributed by atoms with Crippen LogP contribution in [0, 0.1) is 13.8 Å². The summed E-state index contributed by atoms with van der Waals surface area (Å²) in [7, 11) is 0. The van der Waals surface area contributed by atoms with Gasteiger partial charge in [-0.2, -0.15) is 0 Å². The molecule has 2 saturated heterocycles. The van der Waals surface area contributed by atoms with Crippen molar-refractivity contribution >= 4 is 29.3 Å². The molecule has 1 N–H and O–H groups in total. The molecule has 3 aliphatic rings. The first kappa shape index (κ1) is 31.5. The zero-order valence-corrected chi connectivity index (χ0v) is 25.7. The summed E-state index contributed by atoms with van der Waals surface area (Å²) >= 11 is 0. The highest BCUT2D eigenvalue weighted by molar-refractivity contribution is 6.05. The van der Waals surface area contributed by atoms with E-state index in [1.165, 1.54) is 11.0 Å². The molecule has 10 heteroatoms. The maximum absolute atomic E-state index is 14.0. The second kappa shape index (κ2) is 14.7. The molecular weight excluding hydrogens is 562 g/mol. The van der Waals surface area contributed by atoms with E-state index < -0.39 is 18.6 Å². The minimum atomic E-state index is -0.804. The number of benzene rings is 2. The van der Waals surface area contributed by atoms with Gasteiger partial charge in [-0.25, -0.2) is 9.69 Å². The van der Waals surface area contributed by atoms with Crippen molar-refractivity contribution in [3.8, 4) is 5.75 Å². The quantitative estimate of drug-likeness (QED) is 0.257. The van der Waals surface area contributed by atoms with Gasteiger partial charge in [-0.15, -0.1) is 0 Å². The molecule has 0 radical (unpaired) electrons. The minimum absolute atomic E-state index is 0.0134. The van der Waals surface area contributed by atoms with E-state index in [0.717, 1.165) is 42.5 Å². The van der Waals surface area contributed by atoms with Crippen LogP contribution in [0.3, 0.4) is 0 Å². The first-order valence-corrected chi connectivity index (χ1v) is 15.6. The number of carbonyl (C=O) groups is 3. The van der Waals surface area contributed by atoms with Gasteiger partial charge in [0.05, 0.1) is 23.9 Å². The van der Waals surface area contributed by atoms with Gasteiger partial charge in [0.1, 0.15) is 12.4 Å². The van der Waals surface area contributed by atoms with Crippen LogP contribution in [0.2, 0.25) is 0 Å². The highest BCUT2D eigenvalue weighted by atomic mass is 16.7. The number of nitrogens with zero attached hydrogens (tertiary/aromatic N) is 2. The molecule has 0 bridgehead atoms. The normalized spacial score (nSPS) is 21.5. The average molecular weight is 606 g/mol. The highest BCUT2D eigenvalue weighted by Crippen LogP contribution is 2.40. The zero-order chi connectivity index (χ0) is 31.1. The monoisotopic (exact) mass is 605 g/mol. The summed E-state index contributed by atoms with van der Waals surface area (Å²) in [6.07, 6.45) is 5.46. The predicted molar refractivity (Wildman–Crippen MR) is 167 cm³/mol. The Bertz CT molecular complexity index is 1340. The predicted octanol–water partition coefficient (Wildman–Crippen LogP) is 6.11. The smallest absolute Gasteiger partial charge is 0.416 e. The Hall–Kier alpha value is -3.89. The number of amides is 3. The van der Waals surface area contributed by atoms with Crippen LogP contribution in [-0.4, -0.2) is 67.7 Å². The van der Waals surface area contributed by atoms with Crippen LogP contribution in [0.5, 0.6) is 5.75 Å². The first-order chi connectivity index (χ1) is 21.4. The average Bonchev–Trinajstić information content (AvgIpc) is 3.12. The third-order valence-corrected chi connectivity index (χ3v) is 8.27. The van der Waals surface area contributed by atoms with Gasteiger partial charge in [-0.3, -0.25) is 9.59 Å². The Balaban J connectivity index is 1.39. The molecule has 0 aromatic heterocycles. The van der Waals surface area contributed by atoms with Crippen LogP contribution < -0.4 is 15.0 Å². The molecule has 236 valence electrons. The van der Waals surface area contributed by atoms with E-state index in [1.807, 2.05) is 43.0 Å². The van der Waals surface area contributed by atoms with Crippen LogP contribution in [-0.2, 0) is 19.0 Å². The van der Waals surface area contributed by atoms with Gasteiger partial charge in [0.15, 0.2) is 12.5 Å². The number of fused-ring (bicyclic) bond motifs is 2. The number of hydrogen-bond acceptors (Lipinski definition) is 7. The molecule has 2 unspecified atom stereocenters. The standard InChI is InChI=1S/C34H43N3O7/c1-4-18-43-34(40)37-28-22-29(41-20-9-11-30(38)35-25-15-13-23(2)14-16-25)24(3)21-26(28)32(39)36-17-7-5-10-27(36)33(37)44-31-12-6-8-19-42-31/h4,13-16,21-22,27,31,33H,1,5-12,17-20H2,2-3H3,(H,35,38)/t27-,31?,33?/m0/s1. The number of nitrogens with one attached hydrogen (secondary N) is 1. The molecule has 0 spiro atoms. The fourth-order valence-corrected chi connectivity index (χ4v) is 5.98.